The van der Waals surface area contributed by atoms with Gasteiger partial charge in [-0.15, -0.1) is 11.8 Å². The van der Waals surface area contributed by atoms with Crippen molar-refractivity contribution in [2.75, 3.05) is 11.6 Å². The smallest absolute Gasteiger partial charge is 0.255 e. The van der Waals surface area contributed by atoms with Crippen molar-refractivity contribution in [1.82, 2.24) is 5.32 Å². The molecule has 6 heteroatoms. The molecular formula is C22H19FN2O2S. The predicted octanol–water partition coefficient (Wildman–Crippen LogP) is 4.73. The van der Waals surface area contributed by atoms with Crippen LogP contribution < -0.4 is 10.6 Å². The van der Waals surface area contributed by atoms with E-state index >= 15 is 0 Å². The van der Waals surface area contributed by atoms with Gasteiger partial charge < -0.3 is 10.6 Å². The lowest BCUT2D eigenvalue weighted by molar-refractivity contribution is 0.0950. The van der Waals surface area contributed by atoms with E-state index in [4.69, 9.17) is 0 Å². The van der Waals surface area contributed by atoms with Gasteiger partial charge in [-0.25, -0.2) is 4.39 Å². The highest BCUT2D eigenvalue weighted by Gasteiger charge is 2.08. The molecule has 0 aliphatic heterocycles. The lowest BCUT2D eigenvalue weighted by atomic mass is 10.1. The number of halogens is 1. The maximum atomic E-state index is 12.9. The van der Waals surface area contributed by atoms with Crippen molar-refractivity contribution in [3.05, 3.63) is 95.3 Å². The highest BCUT2D eigenvalue weighted by molar-refractivity contribution is 7.98. The third-order valence-electron chi connectivity index (χ3n) is 4.12. The van der Waals surface area contributed by atoms with Crippen LogP contribution in [0.5, 0.6) is 0 Å². The van der Waals surface area contributed by atoms with E-state index in [0.717, 1.165) is 10.5 Å². The molecule has 0 radical (unpaired) electrons. The summed E-state index contributed by atoms with van der Waals surface area (Å²) >= 11 is 1.61. The van der Waals surface area contributed by atoms with E-state index in [0.29, 0.717) is 23.4 Å². The zero-order valence-corrected chi connectivity index (χ0v) is 16.1. The summed E-state index contributed by atoms with van der Waals surface area (Å²) in [6.45, 7) is 0.309. The molecular weight excluding hydrogens is 375 g/mol. The molecule has 0 bridgehead atoms. The zero-order chi connectivity index (χ0) is 19.9. The van der Waals surface area contributed by atoms with Crippen LogP contribution in [0.2, 0.25) is 0 Å². The third-order valence-corrected chi connectivity index (χ3v) is 4.87. The number of hydrogen-bond acceptors (Lipinski definition) is 3. The molecule has 0 saturated heterocycles. The summed E-state index contributed by atoms with van der Waals surface area (Å²) in [4.78, 5) is 25.6. The van der Waals surface area contributed by atoms with E-state index in [9.17, 15) is 14.0 Å². The average Bonchev–Trinajstić information content (AvgIpc) is 2.73. The number of amides is 2. The number of carbonyl (C=O) groups is 2. The molecule has 0 saturated carbocycles. The second kappa shape index (κ2) is 9.19. The Kier molecular flexibility index (Phi) is 6.45. The van der Waals surface area contributed by atoms with Gasteiger partial charge in [0, 0.05) is 28.3 Å². The summed E-state index contributed by atoms with van der Waals surface area (Å²) in [6.07, 6.45) is 1.98. The summed E-state index contributed by atoms with van der Waals surface area (Å²) in [5.41, 5.74) is 2.46. The van der Waals surface area contributed by atoms with Crippen molar-refractivity contribution in [3.8, 4) is 0 Å². The predicted molar refractivity (Wildman–Crippen MR) is 110 cm³/mol. The van der Waals surface area contributed by atoms with E-state index in [1.54, 1.807) is 60.3 Å². The Labute approximate surface area is 167 Å². The number of thioether (sulfide) groups is 1. The van der Waals surface area contributed by atoms with Crippen molar-refractivity contribution < 1.29 is 14.0 Å². The first-order valence-electron chi connectivity index (χ1n) is 8.63. The quantitative estimate of drug-likeness (QED) is 0.594. The van der Waals surface area contributed by atoms with Crippen LogP contribution in [0, 0.1) is 5.82 Å². The van der Waals surface area contributed by atoms with Crippen molar-refractivity contribution in [3.63, 3.8) is 0 Å². The minimum Gasteiger partial charge on any atom is -0.348 e. The first-order valence-corrected chi connectivity index (χ1v) is 9.86. The molecule has 0 aromatic heterocycles. The van der Waals surface area contributed by atoms with E-state index < -0.39 is 0 Å². The highest BCUT2D eigenvalue weighted by Crippen LogP contribution is 2.16. The standard InChI is InChI=1S/C22H19FN2O2S/c1-28-20-12-6-17(7-13-20)22(27)25-19-10-4-16(5-11-19)21(26)24-14-15-2-8-18(23)9-3-15/h2-13H,14H2,1H3,(H,24,26)(H,25,27). The maximum absolute atomic E-state index is 12.9. The maximum Gasteiger partial charge on any atom is 0.255 e. The Balaban J connectivity index is 1.56. The number of hydrogen-bond donors (Lipinski definition) is 2. The number of rotatable bonds is 6. The summed E-state index contributed by atoms with van der Waals surface area (Å²) in [6, 6.07) is 20.0. The van der Waals surface area contributed by atoms with Gasteiger partial charge in [-0.1, -0.05) is 12.1 Å². The molecule has 4 nitrogen and oxygen atoms in total. The minimum atomic E-state index is -0.312. The molecule has 0 atom stereocenters. The minimum absolute atomic E-state index is 0.207. The van der Waals surface area contributed by atoms with Crippen LogP contribution in [0.3, 0.4) is 0 Å². The molecule has 2 amide bonds. The zero-order valence-electron chi connectivity index (χ0n) is 15.2. The topological polar surface area (TPSA) is 58.2 Å². The van der Waals surface area contributed by atoms with Crippen LogP contribution in [-0.4, -0.2) is 18.1 Å². The number of benzene rings is 3. The van der Waals surface area contributed by atoms with Crippen molar-refractivity contribution in [2.24, 2.45) is 0 Å². The first-order chi connectivity index (χ1) is 13.5. The number of nitrogens with one attached hydrogen (secondary N) is 2. The Morgan fingerprint density at radius 1 is 0.821 bits per heavy atom. The summed E-state index contributed by atoms with van der Waals surface area (Å²) in [7, 11) is 0. The molecule has 0 spiro atoms. The molecule has 0 fully saturated rings. The molecule has 3 rings (SSSR count). The van der Waals surface area contributed by atoms with Gasteiger partial charge >= 0.3 is 0 Å². The third kappa shape index (κ3) is 5.20. The van der Waals surface area contributed by atoms with Crippen LogP contribution in [0.4, 0.5) is 10.1 Å². The molecule has 0 aliphatic rings. The SMILES string of the molecule is CSc1ccc(C(=O)Nc2ccc(C(=O)NCc3ccc(F)cc3)cc2)cc1. The average molecular weight is 394 g/mol. The van der Waals surface area contributed by atoms with Gasteiger partial charge in [0.15, 0.2) is 0 Å². The Hall–Kier alpha value is -3.12. The van der Waals surface area contributed by atoms with E-state index in [1.165, 1.54) is 12.1 Å². The fourth-order valence-corrected chi connectivity index (χ4v) is 2.95. The van der Waals surface area contributed by atoms with Crippen molar-refractivity contribution in [1.29, 1.82) is 0 Å². The lowest BCUT2D eigenvalue weighted by Crippen LogP contribution is -2.22. The Morgan fingerprint density at radius 2 is 1.39 bits per heavy atom. The van der Waals surface area contributed by atoms with Gasteiger partial charge in [-0.05, 0) is 72.5 Å². The normalized spacial score (nSPS) is 10.4. The second-order valence-electron chi connectivity index (χ2n) is 6.07. The molecule has 3 aromatic carbocycles. The lowest BCUT2D eigenvalue weighted by Gasteiger charge is -2.08. The largest absolute Gasteiger partial charge is 0.348 e. The highest BCUT2D eigenvalue weighted by atomic mass is 32.2. The van der Waals surface area contributed by atoms with Gasteiger partial charge in [-0.3, -0.25) is 9.59 Å². The summed E-state index contributed by atoms with van der Waals surface area (Å²) in [5.74, 6) is -0.760. The first kappa shape index (κ1) is 19.6. The van der Waals surface area contributed by atoms with Crippen LogP contribution in [0.1, 0.15) is 26.3 Å². The molecule has 28 heavy (non-hydrogen) atoms. The Bertz CT molecular complexity index is 955. The van der Waals surface area contributed by atoms with E-state index in [-0.39, 0.29) is 17.6 Å². The van der Waals surface area contributed by atoms with Crippen LogP contribution in [0.15, 0.2) is 77.7 Å². The van der Waals surface area contributed by atoms with Gasteiger partial charge in [0.25, 0.3) is 11.8 Å². The second-order valence-corrected chi connectivity index (χ2v) is 6.95. The fourth-order valence-electron chi connectivity index (χ4n) is 2.54. The van der Waals surface area contributed by atoms with Gasteiger partial charge in [0.05, 0.1) is 0 Å². The van der Waals surface area contributed by atoms with Crippen molar-refractivity contribution in [2.45, 2.75) is 11.4 Å². The summed E-state index contributed by atoms with van der Waals surface area (Å²) < 4.78 is 12.9. The molecule has 2 N–H and O–H groups in total. The van der Waals surface area contributed by atoms with E-state index in [2.05, 4.69) is 10.6 Å². The molecule has 0 aliphatic carbocycles. The van der Waals surface area contributed by atoms with Crippen molar-refractivity contribution >= 4 is 29.3 Å². The fraction of sp³-hybridized carbons (Fsp3) is 0.0909. The van der Waals surface area contributed by atoms with Crippen LogP contribution in [-0.2, 0) is 6.54 Å². The van der Waals surface area contributed by atoms with Gasteiger partial charge in [0.1, 0.15) is 5.82 Å². The Morgan fingerprint density at radius 3 is 2.00 bits per heavy atom. The molecule has 0 unspecified atom stereocenters. The number of carbonyl (C=O) groups excluding carboxylic acids is 2. The monoisotopic (exact) mass is 394 g/mol. The molecule has 3 aromatic rings. The summed E-state index contributed by atoms with van der Waals surface area (Å²) in [5, 5.41) is 5.59. The number of anilines is 1. The van der Waals surface area contributed by atoms with Crippen LogP contribution >= 0.6 is 11.8 Å². The molecule has 142 valence electrons. The molecule has 0 heterocycles. The van der Waals surface area contributed by atoms with Gasteiger partial charge in [-0.2, -0.15) is 0 Å². The van der Waals surface area contributed by atoms with Crippen LogP contribution in [0.25, 0.3) is 0 Å². The van der Waals surface area contributed by atoms with Gasteiger partial charge in [0.2, 0.25) is 0 Å². The van der Waals surface area contributed by atoms with E-state index in [1.807, 2.05) is 18.4 Å².